The monoisotopic (exact) mass is 410 g/mol. The molecule has 0 aromatic heterocycles. The molecule has 2 rings (SSSR count). The van der Waals surface area contributed by atoms with Gasteiger partial charge in [0, 0.05) is 13.6 Å². The average molecular weight is 410 g/mol. The second-order valence-corrected chi connectivity index (χ2v) is 8.41. The highest BCUT2D eigenvalue weighted by atomic mass is 32.3. The zero-order valence-electron chi connectivity index (χ0n) is 13.7. The first-order valence-corrected chi connectivity index (χ1v) is 10.1. The van der Waals surface area contributed by atoms with Crippen LogP contribution in [0.2, 0.25) is 0 Å². The van der Waals surface area contributed by atoms with Crippen molar-refractivity contribution in [1.29, 1.82) is 0 Å². The molecule has 15 heteroatoms. The molecule has 3 N–H and O–H groups in total. The molecular formula is C11H18N6O7S2. The van der Waals surface area contributed by atoms with E-state index in [1.54, 1.807) is 0 Å². The van der Waals surface area contributed by atoms with Gasteiger partial charge >= 0.3 is 26.6 Å². The zero-order chi connectivity index (χ0) is 19.7. The van der Waals surface area contributed by atoms with Crippen molar-refractivity contribution in [3.63, 3.8) is 0 Å². The predicted octanol–water partition coefficient (Wildman–Crippen LogP) is -1.56. The molecule has 26 heavy (non-hydrogen) atoms. The van der Waals surface area contributed by atoms with Gasteiger partial charge in [-0.2, -0.15) is 26.2 Å². The maximum Gasteiger partial charge on any atom is 0.418 e. The Labute approximate surface area is 150 Å². The number of hydroxylamine groups is 2. The van der Waals surface area contributed by atoms with Gasteiger partial charge < -0.3 is 15.5 Å². The van der Waals surface area contributed by atoms with Crippen molar-refractivity contribution in [1.82, 2.24) is 14.3 Å². The number of carbonyl (C=O) groups is 1. The van der Waals surface area contributed by atoms with E-state index in [4.69, 9.17) is 16.9 Å². The van der Waals surface area contributed by atoms with Crippen molar-refractivity contribution >= 4 is 32.5 Å². The summed E-state index contributed by atoms with van der Waals surface area (Å²) in [6, 6.07) is -2.35. The van der Waals surface area contributed by atoms with Gasteiger partial charge in [-0.15, -0.1) is 8.68 Å². The SMILES string of the molecule is [C-]#[N+]CCN(C)S(=O)(=O)/N=C(\N)[C@@H]1CC[C@@H]2CN1C(=O)N2OS(=O)(=O)O. The van der Waals surface area contributed by atoms with Crippen LogP contribution in [-0.2, 0) is 24.9 Å². The van der Waals surface area contributed by atoms with E-state index in [0.717, 1.165) is 9.21 Å². The Bertz CT molecular complexity index is 849. The lowest BCUT2D eigenvalue weighted by Crippen LogP contribution is -2.48. The minimum absolute atomic E-state index is 0.0389. The maximum absolute atomic E-state index is 12.3. The van der Waals surface area contributed by atoms with Crippen molar-refractivity contribution in [2.45, 2.75) is 24.9 Å². The molecule has 0 spiro atoms. The van der Waals surface area contributed by atoms with Crippen LogP contribution in [0.5, 0.6) is 0 Å². The molecule has 0 aromatic carbocycles. The summed E-state index contributed by atoms with van der Waals surface area (Å²) in [6.45, 7) is 6.63. The topological polar surface area (TPSA) is 167 Å². The number of carbonyl (C=O) groups excluding carboxylic acids is 1. The minimum Gasteiger partial charge on any atom is -0.385 e. The van der Waals surface area contributed by atoms with E-state index < -0.39 is 38.7 Å². The standard InChI is InChI=1S/C11H18N6O7S2/c1-13-5-6-15(2)25(19,20)14-10(12)9-4-3-8-7-16(9)11(18)17(8)24-26(21,22)23/h8-9H,3-7H2,2H3,(H2,12,14)(H,21,22,23)/t8-,9+/m1/s1. The van der Waals surface area contributed by atoms with E-state index in [0.29, 0.717) is 5.06 Å². The van der Waals surface area contributed by atoms with Crippen LogP contribution in [-0.4, -0.2) is 86.3 Å². The number of piperidine rings is 1. The summed E-state index contributed by atoms with van der Waals surface area (Å²) < 4.78 is 63.4. The number of hydrogen-bond donors (Lipinski definition) is 2. The van der Waals surface area contributed by atoms with Crippen LogP contribution in [0.3, 0.4) is 0 Å². The molecule has 0 aromatic rings. The summed E-state index contributed by atoms with van der Waals surface area (Å²) in [5, 5.41) is 0.527. The molecule has 2 heterocycles. The van der Waals surface area contributed by atoms with Gasteiger partial charge in [-0.05, 0) is 12.8 Å². The molecule has 2 atom stereocenters. The second kappa shape index (κ2) is 7.32. The number of rotatable bonds is 7. The lowest BCUT2D eigenvalue weighted by molar-refractivity contribution is -0.0316. The number of hydrogen-bond acceptors (Lipinski definition) is 6. The number of amidine groups is 1. The second-order valence-electron chi connectivity index (χ2n) is 5.71. The Kier molecular flexibility index (Phi) is 5.73. The number of likely N-dealkylation sites (N-methyl/N-ethyl adjacent to an activating group) is 1. The van der Waals surface area contributed by atoms with E-state index in [1.165, 1.54) is 7.05 Å². The van der Waals surface area contributed by atoms with Gasteiger partial charge in [-0.25, -0.2) is 11.4 Å². The van der Waals surface area contributed by atoms with E-state index >= 15 is 0 Å². The van der Waals surface area contributed by atoms with Crippen LogP contribution >= 0.6 is 0 Å². The summed E-state index contributed by atoms with van der Waals surface area (Å²) >= 11 is 0. The Morgan fingerprint density at radius 2 is 2.12 bits per heavy atom. The fourth-order valence-corrected chi connectivity index (χ4v) is 3.94. The molecule has 2 aliphatic rings. The highest BCUT2D eigenvalue weighted by Crippen LogP contribution is 2.30. The van der Waals surface area contributed by atoms with E-state index in [9.17, 15) is 21.6 Å². The Morgan fingerprint density at radius 1 is 1.46 bits per heavy atom. The predicted molar refractivity (Wildman–Crippen MR) is 88.0 cm³/mol. The maximum atomic E-state index is 12.3. The molecule has 13 nitrogen and oxygen atoms in total. The molecule has 2 saturated heterocycles. The molecule has 146 valence electrons. The third kappa shape index (κ3) is 4.40. The fraction of sp³-hybridized carbons (Fsp3) is 0.727. The molecule has 0 unspecified atom stereocenters. The molecule has 2 amide bonds. The minimum atomic E-state index is -4.88. The summed E-state index contributed by atoms with van der Waals surface area (Å²) in [7, 11) is -7.75. The van der Waals surface area contributed by atoms with Crippen LogP contribution in [0.1, 0.15) is 12.8 Å². The van der Waals surface area contributed by atoms with Gasteiger partial charge in [-0.3, -0.25) is 4.55 Å². The average Bonchev–Trinajstić information content (AvgIpc) is 2.75. The first kappa shape index (κ1) is 20.3. The molecule has 0 radical (unpaired) electrons. The zero-order valence-corrected chi connectivity index (χ0v) is 15.3. The van der Waals surface area contributed by atoms with Crippen molar-refractivity contribution in [2.75, 3.05) is 26.7 Å². The summed E-state index contributed by atoms with van der Waals surface area (Å²) in [4.78, 5) is 16.5. The summed E-state index contributed by atoms with van der Waals surface area (Å²) in [5.41, 5.74) is 5.78. The van der Waals surface area contributed by atoms with Gasteiger partial charge in [0.1, 0.15) is 5.84 Å². The van der Waals surface area contributed by atoms with Crippen molar-refractivity contribution in [3.05, 3.63) is 11.4 Å². The number of amides is 2. The van der Waals surface area contributed by atoms with E-state index in [-0.39, 0.29) is 38.3 Å². The number of nitrogens with two attached hydrogens (primary N) is 1. The molecule has 2 aliphatic heterocycles. The number of urea groups is 1. The van der Waals surface area contributed by atoms with Crippen LogP contribution in [0.15, 0.2) is 4.40 Å². The van der Waals surface area contributed by atoms with Crippen LogP contribution < -0.4 is 5.73 Å². The highest BCUT2D eigenvalue weighted by molar-refractivity contribution is 7.87. The molecule has 2 bridgehead atoms. The summed E-state index contributed by atoms with van der Waals surface area (Å²) in [6.07, 6.45) is 0.505. The summed E-state index contributed by atoms with van der Waals surface area (Å²) in [5.74, 6) is -0.333. The molecule has 0 aliphatic carbocycles. The quantitative estimate of drug-likeness (QED) is 0.220. The molecular weight excluding hydrogens is 392 g/mol. The highest BCUT2D eigenvalue weighted by Gasteiger charge is 2.48. The molecule has 2 fully saturated rings. The van der Waals surface area contributed by atoms with Gasteiger partial charge in [0.15, 0.2) is 0 Å². The van der Waals surface area contributed by atoms with E-state index in [1.807, 2.05) is 0 Å². The van der Waals surface area contributed by atoms with Crippen LogP contribution in [0.4, 0.5) is 4.79 Å². The first-order chi connectivity index (χ1) is 12.0. The third-order valence-corrected chi connectivity index (χ3v) is 5.74. The number of fused-ring (bicyclic) bond motifs is 2. The van der Waals surface area contributed by atoms with Crippen molar-refractivity contribution in [3.8, 4) is 0 Å². The molecule has 0 saturated carbocycles. The Morgan fingerprint density at radius 3 is 2.69 bits per heavy atom. The third-order valence-electron chi connectivity index (χ3n) is 3.98. The Balaban J connectivity index is 2.18. The van der Waals surface area contributed by atoms with Gasteiger partial charge in [0.25, 0.3) is 0 Å². The smallest absolute Gasteiger partial charge is 0.385 e. The fourth-order valence-electron chi connectivity index (χ4n) is 2.71. The van der Waals surface area contributed by atoms with Crippen molar-refractivity contribution in [2.24, 2.45) is 10.1 Å². The number of nitrogens with zero attached hydrogens (tertiary/aromatic N) is 5. The van der Waals surface area contributed by atoms with Gasteiger partial charge in [0.05, 0.1) is 18.6 Å². The largest absolute Gasteiger partial charge is 0.418 e. The van der Waals surface area contributed by atoms with Crippen LogP contribution in [0.25, 0.3) is 4.85 Å². The lowest BCUT2D eigenvalue weighted by Gasteiger charge is -2.29. The normalized spacial score (nSPS) is 24.2. The van der Waals surface area contributed by atoms with Gasteiger partial charge in [-0.1, -0.05) is 0 Å². The lowest BCUT2D eigenvalue weighted by atomic mass is 10.0. The first-order valence-electron chi connectivity index (χ1n) is 7.38. The van der Waals surface area contributed by atoms with Crippen molar-refractivity contribution < 1.29 is 30.5 Å². The Hall–Kier alpha value is -1.99. The van der Waals surface area contributed by atoms with Crippen LogP contribution in [0, 0.1) is 6.57 Å². The van der Waals surface area contributed by atoms with Gasteiger partial charge in [0.2, 0.25) is 6.54 Å². The van der Waals surface area contributed by atoms with E-state index in [2.05, 4.69) is 13.5 Å².